The van der Waals surface area contributed by atoms with Crippen LogP contribution in [0.2, 0.25) is 0 Å². The summed E-state index contributed by atoms with van der Waals surface area (Å²) >= 11 is 1.77. The van der Waals surface area contributed by atoms with Crippen LogP contribution in [0.3, 0.4) is 0 Å². The number of thiophene rings is 1. The fourth-order valence-electron chi connectivity index (χ4n) is 2.34. The lowest BCUT2D eigenvalue weighted by Gasteiger charge is -2.18. The fourth-order valence-corrected chi connectivity index (χ4v) is 3.33. The van der Waals surface area contributed by atoms with Crippen LogP contribution < -0.4 is 11.3 Å². The first-order valence-corrected chi connectivity index (χ1v) is 7.06. The van der Waals surface area contributed by atoms with E-state index in [9.17, 15) is 0 Å². The van der Waals surface area contributed by atoms with Crippen LogP contribution in [0.15, 0.2) is 29.6 Å². The molecule has 18 heavy (non-hydrogen) atoms. The fraction of sp³-hybridized carbons (Fsp3) is 0.333. The van der Waals surface area contributed by atoms with E-state index >= 15 is 0 Å². The van der Waals surface area contributed by atoms with Gasteiger partial charge in [-0.25, -0.2) is 0 Å². The molecular formula is C15H20N2S. The number of hydrazine groups is 1. The monoisotopic (exact) mass is 260 g/mol. The van der Waals surface area contributed by atoms with Gasteiger partial charge in [-0.1, -0.05) is 18.2 Å². The van der Waals surface area contributed by atoms with E-state index in [2.05, 4.69) is 55.8 Å². The number of hydrogen-bond acceptors (Lipinski definition) is 3. The van der Waals surface area contributed by atoms with Crippen LogP contribution in [0.4, 0.5) is 0 Å². The summed E-state index contributed by atoms with van der Waals surface area (Å²) in [6.07, 6.45) is 0.941. The molecule has 2 nitrogen and oxygen atoms in total. The Morgan fingerprint density at radius 2 is 1.78 bits per heavy atom. The predicted octanol–water partition coefficient (Wildman–Crippen LogP) is 3.42. The molecule has 0 aliphatic carbocycles. The second-order valence-electron chi connectivity index (χ2n) is 4.76. The standard InChI is InChI=1S/C15H20N2S/c1-10-5-4-6-11(2)13(10)9-14(17-16)15-12(3)7-8-18-15/h4-8,14,17H,9,16H2,1-3H3. The molecule has 0 aliphatic rings. The summed E-state index contributed by atoms with van der Waals surface area (Å²) in [5.41, 5.74) is 8.34. The smallest absolute Gasteiger partial charge is 0.0596 e. The highest BCUT2D eigenvalue weighted by atomic mass is 32.1. The number of hydrogen-bond donors (Lipinski definition) is 2. The van der Waals surface area contributed by atoms with Crippen molar-refractivity contribution in [1.29, 1.82) is 0 Å². The van der Waals surface area contributed by atoms with Crippen molar-refractivity contribution in [2.75, 3.05) is 0 Å². The Bertz CT molecular complexity index is 511. The molecule has 1 heterocycles. The normalized spacial score (nSPS) is 12.7. The molecule has 1 aromatic carbocycles. The van der Waals surface area contributed by atoms with Crippen molar-refractivity contribution in [3.05, 3.63) is 56.8 Å². The maximum absolute atomic E-state index is 5.74. The minimum absolute atomic E-state index is 0.199. The van der Waals surface area contributed by atoms with Gasteiger partial charge in [-0.2, -0.15) is 0 Å². The van der Waals surface area contributed by atoms with Crippen LogP contribution in [0.25, 0.3) is 0 Å². The zero-order chi connectivity index (χ0) is 13.1. The lowest BCUT2D eigenvalue weighted by atomic mass is 9.95. The molecule has 0 amide bonds. The van der Waals surface area contributed by atoms with Crippen LogP contribution in [0, 0.1) is 20.8 Å². The molecule has 96 valence electrons. The summed E-state index contributed by atoms with van der Waals surface area (Å²) in [7, 11) is 0. The van der Waals surface area contributed by atoms with Crippen molar-refractivity contribution in [1.82, 2.24) is 5.43 Å². The summed E-state index contributed by atoms with van der Waals surface area (Å²) in [5, 5.41) is 2.12. The van der Waals surface area contributed by atoms with Gasteiger partial charge in [0.05, 0.1) is 6.04 Å². The Balaban J connectivity index is 2.29. The molecule has 0 aliphatic heterocycles. The van der Waals surface area contributed by atoms with E-state index in [0.717, 1.165) is 6.42 Å². The van der Waals surface area contributed by atoms with Gasteiger partial charge in [-0.3, -0.25) is 11.3 Å². The summed E-state index contributed by atoms with van der Waals surface area (Å²) in [6, 6.07) is 8.78. The third-order valence-electron chi connectivity index (χ3n) is 3.47. The molecule has 2 rings (SSSR count). The van der Waals surface area contributed by atoms with Crippen molar-refractivity contribution in [3.63, 3.8) is 0 Å². The predicted molar refractivity (Wildman–Crippen MR) is 78.7 cm³/mol. The van der Waals surface area contributed by atoms with Crippen molar-refractivity contribution < 1.29 is 0 Å². The molecule has 0 spiro atoms. The first kappa shape index (κ1) is 13.3. The molecule has 2 aromatic rings. The second-order valence-corrected chi connectivity index (χ2v) is 5.71. The molecule has 3 N–H and O–H groups in total. The third kappa shape index (κ3) is 2.64. The lowest BCUT2D eigenvalue weighted by molar-refractivity contribution is 0.556. The van der Waals surface area contributed by atoms with Gasteiger partial charge in [-0.05, 0) is 60.9 Å². The molecule has 0 fully saturated rings. The van der Waals surface area contributed by atoms with E-state index in [4.69, 9.17) is 5.84 Å². The van der Waals surface area contributed by atoms with E-state index in [1.807, 2.05) is 0 Å². The van der Waals surface area contributed by atoms with Gasteiger partial charge in [0.2, 0.25) is 0 Å². The summed E-state index contributed by atoms with van der Waals surface area (Å²) in [5.74, 6) is 5.74. The van der Waals surface area contributed by atoms with Crippen molar-refractivity contribution in [2.45, 2.75) is 33.2 Å². The van der Waals surface area contributed by atoms with Crippen LogP contribution in [-0.4, -0.2) is 0 Å². The maximum Gasteiger partial charge on any atom is 0.0596 e. The zero-order valence-corrected chi connectivity index (χ0v) is 12.0. The third-order valence-corrected chi connectivity index (χ3v) is 4.60. The first-order chi connectivity index (χ1) is 8.63. The van der Waals surface area contributed by atoms with E-state index in [-0.39, 0.29) is 6.04 Å². The molecule has 0 saturated heterocycles. The summed E-state index contributed by atoms with van der Waals surface area (Å²) < 4.78 is 0. The zero-order valence-electron chi connectivity index (χ0n) is 11.2. The Morgan fingerprint density at radius 1 is 1.11 bits per heavy atom. The molecule has 0 bridgehead atoms. The van der Waals surface area contributed by atoms with Gasteiger partial charge in [0, 0.05) is 4.88 Å². The van der Waals surface area contributed by atoms with Crippen LogP contribution in [-0.2, 0) is 6.42 Å². The Hall–Kier alpha value is -1.16. The number of nitrogens with one attached hydrogen (secondary N) is 1. The molecule has 1 atom stereocenters. The molecular weight excluding hydrogens is 240 g/mol. The molecule has 3 heteroatoms. The van der Waals surface area contributed by atoms with Gasteiger partial charge in [0.1, 0.15) is 0 Å². The van der Waals surface area contributed by atoms with Crippen molar-refractivity contribution in [3.8, 4) is 0 Å². The Morgan fingerprint density at radius 3 is 2.28 bits per heavy atom. The van der Waals surface area contributed by atoms with E-state index in [1.165, 1.54) is 27.1 Å². The minimum atomic E-state index is 0.199. The number of rotatable bonds is 4. The largest absolute Gasteiger partial charge is 0.271 e. The highest BCUT2D eigenvalue weighted by Crippen LogP contribution is 2.28. The van der Waals surface area contributed by atoms with E-state index in [1.54, 1.807) is 11.3 Å². The highest BCUT2D eigenvalue weighted by Gasteiger charge is 2.16. The lowest BCUT2D eigenvalue weighted by Crippen LogP contribution is -2.29. The van der Waals surface area contributed by atoms with E-state index in [0.29, 0.717) is 0 Å². The first-order valence-electron chi connectivity index (χ1n) is 6.18. The Kier molecular flexibility index (Phi) is 4.17. The number of benzene rings is 1. The van der Waals surface area contributed by atoms with Crippen molar-refractivity contribution in [2.24, 2.45) is 5.84 Å². The molecule has 1 aromatic heterocycles. The Labute approximate surface area is 113 Å². The minimum Gasteiger partial charge on any atom is -0.271 e. The van der Waals surface area contributed by atoms with Crippen LogP contribution in [0.1, 0.15) is 33.2 Å². The molecule has 0 radical (unpaired) electrons. The van der Waals surface area contributed by atoms with Gasteiger partial charge in [0.15, 0.2) is 0 Å². The highest BCUT2D eigenvalue weighted by molar-refractivity contribution is 7.10. The van der Waals surface area contributed by atoms with E-state index < -0.39 is 0 Å². The van der Waals surface area contributed by atoms with Gasteiger partial charge >= 0.3 is 0 Å². The number of nitrogens with two attached hydrogens (primary N) is 1. The second kappa shape index (κ2) is 5.65. The number of aryl methyl sites for hydroxylation is 3. The van der Waals surface area contributed by atoms with Crippen LogP contribution in [0.5, 0.6) is 0 Å². The molecule has 1 unspecified atom stereocenters. The van der Waals surface area contributed by atoms with Gasteiger partial charge < -0.3 is 0 Å². The summed E-state index contributed by atoms with van der Waals surface area (Å²) in [4.78, 5) is 1.33. The van der Waals surface area contributed by atoms with Gasteiger partial charge in [0.25, 0.3) is 0 Å². The SMILES string of the molecule is Cc1ccsc1C(Cc1c(C)cccc1C)NN. The van der Waals surface area contributed by atoms with Gasteiger partial charge in [-0.15, -0.1) is 11.3 Å². The van der Waals surface area contributed by atoms with Crippen molar-refractivity contribution >= 4 is 11.3 Å². The molecule has 0 saturated carbocycles. The average Bonchev–Trinajstić information content (AvgIpc) is 2.76. The topological polar surface area (TPSA) is 38.0 Å². The quantitative estimate of drug-likeness (QED) is 0.653. The summed E-state index contributed by atoms with van der Waals surface area (Å²) in [6.45, 7) is 6.47. The maximum atomic E-state index is 5.74. The van der Waals surface area contributed by atoms with Crippen LogP contribution >= 0.6 is 11.3 Å². The average molecular weight is 260 g/mol.